The fraction of sp³-hybridized carbons (Fsp3) is 0.950. The molecule has 0 heterocycles. The lowest BCUT2D eigenvalue weighted by molar-refractivity contribution is -0.151. The summed E-state index contributed by atoms with van der Waals surface area (Å²) in [4.78, 5) is 12.2. The molecule has 4 aliphatic carbocycles. The van der Waals surface area contributed by atoms with Crippen molar-refractivity contribution >= 4 is 5.91 Å². The van der Waals surface area contributed by atoms with Crippen molar-refractivity contribution in [3.63, 3.8) is 0 Å². The van der Waals surface area contributed by atoms with Gasteiger partial charge in [0.15, 0.2) is 0 Å². The highest BCUT2D eigenvalue weighted by Gasteiger charge is 2.60. The van der Waals surface area contributed by atoms with Crippen LogP contribution in [0.1, 0.15) is 78.1 Å². The molecule has 0 radical (unpaired) electrons. The molecule has 1 unspecified atom stereocenters. The predicted molar refractivity (Wildman–Crippen MR) is 89.0 cm³/mol. The van der Waals surface area contributed by atoms with Crippen LogP contribution in [0.15, 0.2) is 0 Å². The second-order valence-corrected chi connectivity index (χ2v) is 9.56. The molecule has 0 aromatic heterocycles. The van der Waals surface area contributed by atoms with Crippen LogP contribution in [0, 0.1) is 40.4 Å². The smallest absolute Gasteiger partial charge is 0.220 e. The Balaban J connectivity index is 1.71. The van der Waals surface area contributed by atoms with Crippen LogP contribution in [0.5, 0.6) is 0 Å². The topological polar surface area (TPSA) is 43.1 Å². The molecule has 0 aliphatic heterocycles. The van der Waals surface area contributed by atoms with E-state index in [4.69, 9.17) is 5.73 Å². The van der Waals surface area contributed by atoms with Crippen LogP contribution >= 0.6 is 0 Å². The third kappa shape index (κ3) is 1.94. The Morgan fingerprint density at radius 3 is 2.45 bits per heavy atom. The molecule has 2 nitrogen and oxygen atoms in total. The van der Waals surface area contributed by atoms with Crippen molar-refractivity contribution in [2.75, 3.05) is 0 Å². The van der Waals surface area contributed by atoms with Gasteiger partial charge in [-0.2, -0.15) is 0 Å². The molecule has 0 bridgehead atoms. The zero-order chi connectivity index (χ0) is 15.5. The minimum absolute atomic E-state index is 0.00171. The molecule has 4 saturated carbocycles. The van der Waals surface area contributed by atoms with Gasteiger partial charge in [0.25, 0.3) is 0 Å². The molecule has 7 atom stereocenters. The average molecular weight is 303 g/mol. The molecule has 4 aliphatic rings. The fourth-order valence-corrected chi connectivity index (χ4v) is 7.71. The van der Waals surface area contributed by atoms with E-state index in [0.29, 0.717) is 16.7 Å². The third-order valence-corrected chi connectivity index (χ3v) is 8.77. The first-order valence-corrected chi connectivity index (χ1v) is 9.75. The van der Waals surface area contributed by atoms with Crippen LogP contribution in [0.4, 0.5) is 0 Å². The zero-order valence-corrected chi connectivity index (χ0v) is 14.4. The van der Waals surface area contributed by atoms with Gasteiger partial charge in [0.2, 0.25) is 5.91 Å². The summed E-state index contributed by atoms with van der Waals surface area (Å²) in [5.41, 5.74) is 6.85. The molecule has 0 aromatic rings. The van der Waals surface area contributed by atoms with E-state index in [1.54, 1.807) is 0 Å². The summed E-state index contributed by atoms with van der Waals surface area (Å²) >= 11 is 0. The molecule has 2 N–H and O–H groups in total. The van der Waals surface area contributed by atoms with Crippen LogP contribution < -0.4 is 5.73 Å². The normalized spacial score (nSPS) is 54.2. The maximum Gasteiger partial charge on any atom is 0.220 e. The number of amides is 1. The molecule has 22 heavy (non-hydrogen) atoms. The van der Waals surface area contributed by atoms with Gasteiger partial charge in [0.1, 0.15) is 0 Å². The minimum Gasteiger partial charge on any atom is -0.369 e. The summed E-state index contributed by atoms with van der Waals surface area (Å²) in [6, 6.07) is 0. The molecule has 0 spiro atoms. The Labute approximate surface area is 135 Å². The SMILES string of the molecule is C[C@@]12CCC[C@H]1[C@@H]1C[C@H](C(N)=O)C3CCCC[C@]3(C)[C@H]1CC2. The second-order valence-electron chi connectivity index (χ2n) is 9.56. The van der Waals surface area contributed by atoms with Gasteiger partial charge < -0.3 is 5.73 Å². The highest BCUT2D eigenvalue weighted by molar-refractivity contribution is 5.77. The molecule has 124 valence electrons. The van der Waals surface area contributed by atoms with Crippen LogP contribution in [0.3, 0.4) is 0 Å². The molecule has 4 fully saturated rings. The lowest BCUT2D eigenvalue weighted by atomic mass is 9.43. The minimum atomic E-state index is 0.00171. The summed E-state index contributed by atoms with van der Waals surface area (Å²) in [6.07, 6.45) is 13.4. The number of primary amides is 1. The Hall–Kier alpha value is -0.530. The molecule has 4 rings (SSSR count). The van der Waals surface area contributed by atoms with Crippen LogP contribution in [-0.2, 0) is 4.79 Å². The van der Waals surface area contributed by atoms with Gasteiger partial charge >= 0.3 is 0 Å². The van der Waals surface area contributed by atoms with Gasteiger partial charge in [-0.1, -0.05) is 33.1 Å². The molecular weight excluding hydrogens is 270 g/mol. The Morgan fingerprint density at radius 1 is 0.909 bits per heavy atom. The quantitative estimate of drug-likeness (QED) is 0.760. The number of carbonyl (C=O) groups is 1. The number of nitrogens with two attached hydrogens (primary N) is 1. The van der Waals surface area contributed by atoms with Crippen molar-refractivity contribution in [3.8, 4) is 0 Å². The Bertz CT molecular complexity index is 474. The second kappa shape index (κ2) is 4.98. The van der Waals surface area contributed by atoms with E-state index in [0.717, 1.165) is 24.2 Å². The van der Waals surface area contributed by atoms with Gasteiger partial charge in [0.05, 0.1) is 0 Å². The summed E-state index contributed by atoms with van der Waals surface area (Å²) in [5, 5.41) is 0. The van der Waals surface area contributed by atoms with Crippen molar-refractivity contribution < 1.29 is 4.79 Å². The number of carbonyl (C=O) groups excluding carboxylic acids is 1. The highest BCUT2D eigenvalue weighted by Crippen LogP contribution is 2.67. The van der Waals surface area contributed by atoms with Crippen molar-refractivity contribution in [2.24, 2.45) is 46.2 Å². The maximum absolute atomic E-state index is 12.2. The van der Waals surface area contributed by atoms with E-state index in [2.05, 4.69) is 13.8 Å². The fourth-order valence-electron chi connectivity index (χ4n) is 7.71. The molecule has 2 heteroatoms. The molecule has 0 saturated heterocycles. The first kappa shape index (κ1) is 15.0. The Morgan fingerprint density at radius 2 is 1.68 bits per heavy atom. The predicted octanol–water partition coefficient (Wildman–Crippen LogP) is 4.52. The van der Waals surface area contributed by atoms with Gasteiger partial charge in [-0.25, -0.2) is 0 Å². The average Bonchev–Trinajstić information content (AvgIpc) is 2.87. The highest BCUT2D eigenvalue weighted by atomic mass is 16.1. The van der Waals surface area contributed by atoms with E-state index >= 15 is 0 Å². The number of fused-ring (bicyclic) bond motifs is 5. The van der Waals surface area contributed by atoms with Crippen molar-refractivity contribution in [3.05, 3.63) is 0 Å². The Kier molecular flexibility index (Phi) is 3.40. The van der Waals surface area contributed by atoms with E-state index in [9.17, 15) is 4.79 Å². The van der Waals surface area contributed by atoms with Crippen molar-refractivity contribution in [1.29, 1.82) is 0 Å². The monoisotopic (exact) mass is 303 g/mol. The van der Waals surface area contributed by atoms with Crippen LogP contribution in [-0.4, -0.2) is 5.91 Å². The van der Waals surface area contributed by atoms with Gasteiger partial charge in [-0.05, 0) is 79.4 Å². The standard InChI is InChI=1S/C20H33NO/c1-19-9-5-7-15(19)13-12-14(18(21)22)16-6-3-4-10-20(16,2)17(13)8-11-19/h13-17H,3-12H2,1-2H3,(H2,21,22)/t13-,14-,15-,16?,17-,19-,20-/m0/s1. The van der Waals surface area contributed by atoms with E-state index in [1.165, 1.54) is 57.8 Å². The lowest BCUT2D eigenvalue weighted by Crippen LogP contribution is -2.56. The van der Waals surface area contributed by atoms with E-state index < -0.39 is 0 Å². The van der Waals surface area contributed by atoms with Gasteiger partial charge in [-0.15, -0.1) is 0 Å². The molecular formula is C20H33NO. The summed E-state index contributed by atoms with van der Waals surface area (Å²) in [5.74, 6) is 3.25. The van der Waals surface area contributed by atoms with Gasteiger partial charge in [-0.3, -0.25) is 4.79 Å². The lowest BCUT2D eigenvalue weighted by Gasteiger charge is -2.61. The first-order chi connectivity index (χ1) is 10.5. The van der Waals surface area contributed by atoms with Crippen molar-refractivity contribution in [1.82, 2.24) is 0 Å². The van der Waals surface area contributed by atoms with Crippen LogP contribution in [0.25, 0.3) is 0 Å². The first-order valence-electron chi connectivity index (χ1n) is 9.75. The van der Waals surface area contributed by atoms with Gasteiger partial charge in [0, 0.05) is 5.92 Å². The summed E-state index contributed by atoms with van der Waals surface area (Å²) < 4.78 is 0. The molecule has 0 aromatic carbocycles. The van der Waals surface area contributed by atoms with Crippen LogP contribution in [0.2, 0.25) is 0 Å². The number of rotatable bonds is 1. The van der Waals surface area contributed by atoms with Crippen molar-refractivity contribution in [2.45, 2.75) is 78.1 Å². The summed E-state index contributed by atoms with van der Waals surface area (Å²) in [7, 11) is 0. The zero-order valence-electron chi connectivity index (χ0n) is 14.4. The number of hydrogen-bond donors (Lipinski definition) is 1. The summed E-state index contributed by atoms with van der Waals surface area (Å²) in [6.45, 7) is 5.07. The molecule has 1 amide bonds. The third-order valence-electron chi connectivity index (χ3n) is 8.77. The van der Waals surface area contributed by atoms with E-state index in [1.807, 2.05) is 0 Å². The largest absolute Gasteiger partial charge is 0.369 e. The number of hydrogen-bond acceptors (Lipinski definition) is 1. The maximum atomic E-state index is 12.2. The van der Waals surface area contributed by atoms with E-state index in [-0.39, 0.29) is 11.8 Å².